The van der Waals surface area contributed by atoms with Crippen LogP contribution in [-0.2, 0) is 14.3 Å². The fourth-order valence-corrected chi connectivity index (χ4v) is 7.53. The highest BCUT2D eigenvalue weighted by Crippen LogP contribution is 2.63. The minimum atomic E-state index is -0.548. The summed E-state index contributed by atoms with van der Waals surface area (Å²) in [4.78, 5) is 12.6. The Labute approximate surface area is 150 Å². The fourth-order valence-electron chi connectivity index (χ4n) is 7.53. The first-order valence-electron chi connectivity index (χ1n) is 10.4. The van der Waals surface area contributed by atoms with E-state index in [-0.39, 0.29) is 23.7 Å². The first-order valence-corrected chi connectivity index (χ1v) is 10.4. The Balaban J connectivity index is 1.55. The highest BCUT2D eigenvalue weighted by Gasteiger charge is 2.65. The molecule has 0 aromatic heterocycles. The molecule has 25 heavy (non-hydrogen) atoms. The van der Waals surface area contributed by atoms with Crippen molar-refractivity contribution in [2.24, 2.45) is 35.0 Å². The van der Waals surface area contributed by atoms with Gasteiger partial charge in [0.15, 0.2) is 5.79 Å². The molecule has 5 rings (SSSR count). The zero-order chi connectivity index (χ0) is 17.6. The monoisotopic (exact) mass is 348 g/mol. The number of hydrogen-bond acceptors (Lipinski definition) is 4. The van der Waals surface area contributed by atoms with Crippen LogP contribution in [0.3, 0.4) is 0 Å². The minimum absolute atomic E-state index is 0.0919. The standard InChI is InChI=1S/C21H32O4/c1-20(2)24-18-14-10-11(22)4-5-12(14)13-8-9-21(3)15(6-7-16(21)23)17(13)19(18)25-20/h11-15,17-19,22H,4-10H2,1-3H3/t11-,12+,13+,14-,15-,17+,18+,19+,21-/m0/s1. The fraction of sp³-hybridized carbons (Fsp3) is 0.952. The molecule has 0 unspecified atom stereocenters. The number of ketones is 1. The second-order valence-electron chi connectivity index (χ2n) is 10.1. The summed E-state index contributed by atoms with van der Waals surface area (Å²) < 4.78 is 12.9. The van der Waals surface area contributed by atoms with Gasteiger partial charge in [-0.05, 0) is 82.0 Å². The molecule has 0 spiro atoms. The number of fused-ring (bicyclic) bond motifs is 8. The van der Waals surface area contributed by atoms with Crippen molar-refractivity contribution in [1.82, 2.24) is 0 Å². The summed E-state index contributed by atoms with van der Waals surface area (Å²) in [5.74, 6) is 2.52. The maximum absolute atomic E-state index is 12.6. The summed E-state index contributed by atoms with van der Waals surface area (Å²) in [5.41, 5.74) is -0.136. The summed E-state index contributed by atoms with van der Waals surface area (Å²) >= 11 is 0. The van der Waals surface area contributed by atoms with Gasteiger partial charge < -0.3 is 14.6 Å². The molecule has 140 valence electrons. The summed E-state index contributed by atoms with van der Waals surface area (Å²) in [5, 5.41) is 10.3. The Kier molecular flexibility index (Phi) is 3.54. The molecule has 0 bridgehead atoms. The van der Waals surface area contributed by atoms with E-state index < -0.39 is 5.79 Å². The van der Waals surface area contributed by atoms with Gasteiger partial charge in [-0.2, -0.15) is 0 Å². The lowest BCUT2D eigenvalue weighted by Crippen LogP contribution is -2.59. The van der Waals surface area contributed by atoms with E-state index >= 15 is 0 Å². The van der Waals surface area contributed by atoms with Gasteiger partial charge in [0.25, 0.3) is 0 Å². The van der Waals surface area contributed by atoms with Crippen molar-refractivity contribution in [1.29, 1.82) is 0 Å². The van der Waals surface area contributed by atoms with E-state index in [2.05, 4.69) is 6.92 Å². The van der Waals surface area contributed by atoms with Crippen LogP contribution in [-0.4, -0.2) is 35.0 Å². The average Bonchev–Trinajstić information content (AvgIpc) is 3.03. The smallest absolute Gasteiger partial charge is 0.163 e. The lowest BCUT2D eigenvalue weighted by Gasteiger charge is -2.57. The molecule has 1 aliphatic heterocycles. The van der Waals surface area contributed by atoms with E-state index in [1.54, 1.807) is 0 Å². The molecule has 0 radical (unpaired) electrons. The molecule has 0 aromatic carbocycles. The molecule has 9 atom stereocenters. The molecule has 0 amide bonds. The van der Waals surface area contributed by atoms with Crippen molar-refractivity contribution in [2.75, 3.05) is 0 Å². The average molecular weight is 348 g/mol. The molecule has 1 N–H and O–H groups in total. The molecule has 4 heteroatoms. The van der Waals surface area contributed by atoms with Gasteiger partial charge in [0, 0.05) is 11.8 Å². The van der Waals surface area contributed by atoms with Crippen molar-refractivity contribution in [2.45, 2.75) is 89.8 Å². The summed E-state index contributed by atoms with van der Waals surface area (Å²) in [7, 11) is 0. The number of carbonyl (C=O) groups is 1. The van der Waals surface area contributed by atoms with Crippen molar-refractivity contribution in [3.8, 4) is 0 Å². The molecular formula is C21H32O4. The van der Waals surface area contributed by atoms with Crippen LogP contribution in [0.5, 0.6) is 0 Å². The maximum Gasteiger partial charge on any atom is 0.163 e. The highest BCUT2D eigenvalue weighted by molar-refractivity contribution is 5.87. The molecule has 4 nitrogen and oxygen atoms in total. The van der Waals surface area contributed by atoms with E-state index in [1.807, 2.05) is 13.8 Å². The first kappa shape index (κ1) is 16.7. The SMILES string of the molecule is CC1(C)O[C@@H]2[C@H]3C[C@@H](O)CC[C@@H]3[C@H]3CC[C@]4(C)C(=O)CC[C@H]4[C@@H]3[C@H]2O1. The number of hydrogen-bond donors (Lipinski definition) is 1. The van der Waals surface area contributed by atoms with Gasteiger partial charge >= 0.3 is 0 Å². The highest BCUT2D eigenvalue weighted by atomic mass is 16.8. The Morgan fingerprint density at radius 2 is 1.72 bits per heavy atom. The van der Waals surface area contributed by atoms with Gasteiger partial charge in [0.05, 0.1) is 18.3 Å². The first-order chi connectivity index (χ1) is 11.8. The van der Waals surface area contributed by atoms with Crippen LogP contribution >= 0.6 is 0 Å². The van der Waals surface area contributed by atoms with Gasteiger partial charge in [0.1, 0.15) is 5.78 Å². The number of aliphatic hydroxyl groups excluding tert-OH is 1. The Hall–Kier alpha value is -0.450. The summed E-state index contributed by atoms with van der Waals surface area (Å²) in [6.07, 6.45) is 6.87. The van der Waals surface area contributed by atoms with Crippen molar-refractivity contribution in [3.05, 3.63) is 0 Å². The Morgan fingerprint density at radius 1 is 0.960 bits per heavy atom. The third-order valence-electron chi connectivity index (χ3n) is 8.54. The van der Waals surface area contributed by atoms with Crippen molar-refractivity contribution < 1.29 is 19.4 Å². The van der Waals surface area contributed by atoms with Crippen LogP contribution < -0.4 is 0 Å². The second-order valence-corrected chi connectivity index (χ2v) is 10.1. The van der Waals surface area contributed by atoms with E-state index in [1.165, 1.54) is 0 Å². The number of ether oxygens (including phenoxy) is 2. The van der Waals surface area contributed by atoms with Crippen LogP contribution in [0.2, 0.25) is 0 Å². The molecule has 4 saturated carbocycles. The second kappa shape index (κ2) is 5.30. The third kappa shape index (κ3) is 2.26. The van der Waals surface area contributed by atoms with Crippen molar-refractivity contribution >= 4 is 5.78 Å². The molecule has 5 aliphatic rings. The normalized spacial score (nSPS) is 56.7. The van der Waals surface area contributed by atoms with Crippen LogP contribution in [0.15, 0.2) is 0 Å². The molecule has 0 aromatic rings. The molecular weight excluding hydrogens is 316 g/mol. The Morgan fingerprint density at radius 3 is 2.52 bits per heavy atom. The van der Waals surface area contributed by atoms with E-state index in [4.69, 9.17) is 9.47 Å². The predicted molar refractivity (Wildman–Crippen MR) is 92.7 cm³/mol. The van der Waals surface area contributed by atoms with Gasteiger partial charge in [-0.3, -0.25) is 4.79 Å². The van der Waals surface area contributed by atoms with E-state index in [9.17, 15) is 9.90 Å². The Bertz CT molecular complexity index is 586. The van der Waals surface area contributed by atoms with Crippen LogP contribution in [0, 0.1) is 35.0 Å². The quantitative estimate of drug-likeness (QED) is 0.730. The minimum Gasteiger partial charge on any atom is -0.393 e. The van der Waals surface area contributed by atoms with Crippen LogP contribution in [0.1, 0.15) is 65.7 Å². The van der Waals surface area contributed by atoms with Crippen molar-refractivity contribution in [3.63, 3.8) is 0 Å². The van der Waals surface area contributed by atoms with Gasteiger partial charge in [0.2, 0.25) is 0 Å². The number of aliphatic hydroxyl groups is 1. The molecule has 5 fully saturated rings. The lowest BCUT2D eigenvalue weighted by molar-refractivity contribution is -0.160. The third-order valence-corrected chi connectivity index (χ3v) is 8.54. The number of rotatable bonds is 0. The van der Waals surface area contributed by atoms with Crippen LogP contribution in [0.25, 0.3) is 0 Å². The number of Topliss-reactive ketones (excluding diaryl/α,β-unsaturated/α-hetero) is 1. The molecule has 4 aliphatic carbocycles. The van der Waals surface area contributed by atoms with Gasteiger partial charge in [-0.1, -0.05) is 6.92 Å². The van der Waals surface area contributed by atoms with E-state index in [0.29, 0.717) is 35.4 Å². The van der Waals surface area contributed by atoms with Gasteiger partial charge in [-0.25, -0.2) is 0 Å². The summed E-state index contributed by atoms with van der Waals surface area (Å²) in [6, 6.07) is 0. The maximum atomic E-state index is 12.6. The zero-order valence-corrected chi connectivity index (χ0v) is 15.7. The largest absolute Gasteiger partial charge is 0.393 e. The molecule has 1 saturated heterocycles. The van der Waals surface area contributed by atoms with E-state index in [0.717, 1.165) is 44.9 Å². The van der Waals surface area contributed by atoms with Crippen LogP contribution in [0.4, 0.5) is 0 Å². The molecule has 1 heterocycles. The number of carbonyl (C=O) groups excluding carboxylic acids is 1. The predicted octanol–water partition coefficient (Wildman–Crippen LogP) is 3.31. The van der Waals surface area contributed by atoms with Gasteiger partial charge in [-0.15, -0.1) is 0 Å². The topological polar surface area (TPSA) is 55.8 Å². The lowest BCUT2D eigenvalue weighted by atomic mass is 9.49. The zero-order valence-electron chi connectivity index (χ0n) is 15.7. The summed E-state index contributed by atoms with van der Waals surface area (Å²) in [6.45, 7) is 6.27.